The Bertz CT molecular complexity index is 387. The number of ether oxygens (including phenoxy) is 1. The van der Waals surface area contributed by atoms with Crippen LogP contribution in [-0.2, 0) is 4.74 Å². The molecule has 1 unspecified atom stereocenters. The van der Waals surface area contributed by atoms with Gasteiger partial charge >= 0.3 is 0 Å². The highest BCUT2D eigenvalue weighted by Gasteiger charge is 2.07. The summed E-state index contributed by atoms with van der Waals surface area (Å²) in [6.45, 7) is 16.3. The molecule has 0 aliphatic heterocycles. The van der Waals surface area contributed by atoms with Gasteiger partial charge in [-0.15, -0.1) is 6.58 Å². The summed E-state index contributed by atoms with van der Waals surface area (Å²) >= 11 is 0. The molecule has 0 aromatic heterocycles. The Morgan fingerprint density at radius 1 is 1.12 bits per heavy atom. The maximum Gasteiger partial charge on any atom is 0.120 e. The Morgan fingerprint density at radius 3 is 2.12 bits per heavy atom. The van der Waals surface area contributed by atoms with Crippen LogP contribution in [0.3, 0.4) is 0 Å². The fourth-order valence-electron chi connectivity index (χ4n) is 0.777. The van der Waals surface area contributed by atoms with Gasteiger partial charge in [0.1, 0.15) is 11.5 Å². The molecule has 0 fully saturated rings. The zero-order valence-electron chi connectivity index (χ0n) is 10.3. The van der Waals surface area contributed by atoms with Gasteiger partial charge in [-0.1, -0.05) is 31.9 Å². The van der Waals surface area contributed by atoms with Gasteiger partial charge in [-0.3, -0.25) is 0 Å². The third-order valence-electron chi connectivity index (χ3n) is 1.81. The minimum absolute atomic E-state index is 0.420. The Balaban J connectivity index is 4.33. The molecule has 0 aromatic carbocycles. The average Bonchev–Trinajstić information content (AvgIpc) is 2.24. The minimum atomic E-state index is -0.588. The van der Waals surface area contributed by atoms with Crippen LogP contribution in [0.1, 0.15) is 6.92 Å². The maximum absolute atomic E-state index is 5.83. The van der Waals surface area contributed by atoms with Gasteiger partial charge in [0.25, 0.3) is 0 Å². The van der Waals surface area contributed by atoms with E-state index in [4.69, 9.17) is 16.2 Å². The molecule has 0 heterocycles. The van der Waals surface area contributed by atoms with Crippen molar-refractivity contribution in [1.29, 1.82) is 0 Å². The van der Waals surface area contributed by atoms with Crippen molar-refractivity contribution < 1.29 is 4.74 Å². The molecule has 0 rings (SSSR count). The van der Waals surface area contributed by atoms with E-state index in [1.54, 1.807) is 30.4 Å². The second-order valence-electron chi connectivity index (χ2n) is 3.85. The third kappa shape index (κ3) is 7.88. The van der Waals surface area contributed by atoms with Crippen LogP contribution >= 0.6 is 0 Å². The van der Waals surface area contributed by atoms with Crippen molar-refractivity contribution in [2.24, 2.45) is 11.5 Å². The largest absolute Gasteiger partial charge is 0.459 e. The number of nitrogens with two attached hydrogens (primary N) is 2. The zero-order chi connectivity index (χ0) is 13.5. The first-order valence-electron chi connectivity index (χ1n) is 5.06. The van der Waals surface area contributed by atoms with E-state index in [0.717, 1.165) is 0 Å². The highest BCUT2D eigenvalue weighted by atomic mass is 16.5. The van der Waals surface area contributed by atoms with E-state index in [1.165, 1.54) is 0 Å². The predicted octanol–water partition coefficient (Wildman–Crippen LogP) is 2.52. The molecule has 3 heteroatoms. The molecule has 0 bridgehead atoms. The first kappa shape index (κ1) is 15.0. The lowest BCUT2D eigenvalue weighted by atomic mass is 10.0. The fraction of sp³-hybridized carbons (Fsp3) is 0.143. The van der Waals surface area contributed by atoms with E-state index >= 15 is 0 Å². The first-order chi connectivity index (χ1) is 7.76. The highest BCUT2D eigenvalue weighted by Crippen LogP contribution is 2.09. The molecule has 4 N–H and O–H groups in total. The molecule has 0 aliphatic carbocycles. The van der Waals surface area contributed by atoms with E-state index < -0.39 is 5.54 Å². The van der Waals surface area contributed by atoms with Crippen LogP contribution in [0.2, 0.25) is 0 Å². The molecule has 17 heavy (non-hydrogen) atoms. The van der Waals surface area contributed by atoms with Gasteiger partial charge in [0.2, 0.25) is 0 Å². The van der Waals surface area contributed by atoms with E-state index in [2.05, 4.69) is 26.3 Å². The molecule has 1 atom stereocenters. The predicted molar refractivity (Wildman–Crippen MR) is 73.8 cm³/mol. The number of allylic oxidation sites excluding steroid dienone is 3. The Hall–Kier alpha value is -2.00. The summed E-state index contributed by atoms with van der Waals surface area (Å²) in [4.78, 5) is 0. The van der Waals surface area contributed by atoms with Crippen LogP contribution in [0.4, 0.5) is 0 Å². The number of rotatable bonds is 7. The molecule has 0 aliphatic rings. The van der Waals surface area contributed by atoms with Crippen LogP contribution in [0.15, 0.2) is 73.9 Å². The Kier molecular flexibility index (Phi) is 5.78. The molecule has 0 saturated carbocycles. The van der Waals surface area contributed by atoms with E-state index in [9.17, 15) is 0 Å². The van der Waals surface area contributed by atoms with Crippen LogP contribution < -0.4 is 11.5 Å². The van der Waals surface area contributed by atoms with Gasteiger partial charge in [-0.05, 0) is 25.2 Å². The SMILES string of the molecule is C=CC(C)(N)/C=C\C(=C)OC(=C)/C=C\C(=C)N. The van der Waals surface area contributed by atoms with Crippen molar-refractivity contribution in [3.63, 3.8) is 0 Å². The molecule has 0 amide bonds. The first-order valence-corrected chi connectivity index (χ1v) is 5.06. The molecule has 0 saturated heterocycles. The van der Waals surface area contributed by atoms with Crippen molar-refractivity contribution in [3.8, 4) is 0 Å². The lowest BCUT2D eigenvalue weighted by Crippen LogP contribution is -2.30. The summed E-state index contributed by atoms with van der Waals surface area (Å²) in [6, 6.07) is 0. The standard InChI is InChI=1S/C14H20N2O/c1-6-14(5,16)10-9-13(4)17-12(3)8-7-11(2)15/h6-10H,1-4,15-16H2,5H3/b8-7-,10-9-. The van der Waals surface area contributed by atoms with Crippen molar-refractivity contribution in [1.82, 2.24) is 0 Å². The van der Waals surface area contributed by atoms with Gasteiger partial charge in [0, 0.05) is 11.2 Å². The molecular weight excluding hydrogens is 212 g/mol. The van der Waals surface area contributed by atoms with Crippen LogP contribution in [-0.4, -0.2) is 5.54 Å². The second-order valence-corrected chi connectivity index (χ2v) is 3.85. The summed E-state index contributed by atoms with van der Waals surface area (Å²) in [5.74, 6) is 0.851. The van der Waals surface area contributed by atoms with Gasteiger partial charge in [-0.25, -0.2) is 0 Å². The van der Waals surface area contributed by atoms with E-state index in [1.807, 2.05) is 6.92 Å². The minimum Gasteiger partial charge on any atom is -0.459 e. The molecule has 0 aromatic rings. The highest BCUT2D eigenvalue weighted by molar-refractivity contribution is 5.23. The molecule has 3 nitrogen and oxygen atoms in total. The van der Waals surface area contributed by atoms with Gasteiger partial charge in [-0.2, -0.15) is 0 Å². The smallest absolute Gasteiger partial charge is 0.120 e. The van der Waals surface area contributed by atoms with Crippen LogP contribution in [0, 0.1) is 0 Å². The normalized spacial score (nSPS) is 14.5. The van der Waals surface area contributed by atoms with Crippen molar-refractivity contribution in [2.75, 3.05) is 0 Å². The topological polar surface area (TPSA) is 61.3 Å². The average molecular weight is 232 g/mol. The number of hydrogen-bond acceptors (Lipinski definition) is 3. The van der Waals surface area contributed by atoms with Crippen LogP contribution in [0.5, 0.6) is 0 Å². The summed E-state index contributed by atoms with van der Waals surface area (Å²) in [6.07, 6.45) is 8.23. The monoisotopic (exact) mass is 232 g/mol. The van der Waals surface area contributed by atoms with Crippen molar-refractivity contribution in [2.45, 2.75) is 12.5 Å². The summed E-state index contributed by atoms with van der Waals surface area (Å²) in [7, 11) is 0. The lowest BCUT2D eigenvalue weighted by molar-refractivity contribution is 0.339. The molecule has 0 radical (unpaired) electrons. The van der Waals surface area contributed by atoms with Crippen molar-refractivity contribution in [3.05, 3.63) is 73.9 Å². The Labute approximate surface area is 103 Å². The van der Waals surface area contributed by atoms with E-state index in [0.29, 0.717) is 17.2 Å². The maximum atomic E-state index is 5.83. The quantitative estimate of drug-likeness (QED) is 0.403. The molecular formula is C14H20N2O. The van der Waals surface area contributed by atoms with Gasteiger partial charge < -0.3 is 16.2 Å². The third-order valence-corrected chi connectivity index (χ3v) is 1.81. The molecule has 92 valence electrons. The van der Waals surface area contributed by atoms with E-state index in [-0.39, 0.29) is 0 Å². The summed E-state index contributed by atoms with van der Waals surface area (Å²) in [5, 5.41) is 0. The lowest BCUT2D eigenvalue weighted by Gasteiger charge is -2.14. The number of hydrogen-bond donors (Lipinski definition) is 2. The van der Waals surface area contributed by atoms with Gasteiger partial charge in [0.15, 0.2) is 0 Å². The van der Waals surface area contributed by atoms with Crippen LogP contribution in [0.25, 0.3) is 0 Å². The zero-order valence-corrected chi connectivity index (χ0v) is 10.3. The van der Waals surface area contributed by atoms with Gasteiger partial charge in [0.05, 0.1) is 0 Å². The second kappa shape index (κ2) is 6.55. The fourth-order valence-corrected chi connectivity index (χ4v) is 0.777. The molecule has 0 spiro atoms. The van der Waals surface area contributed by atoms with Crippen molar-refractivity contribution >= 4 is 0 Å². The summed E-state index contributed by atoms with van der Waals surface area (Å²) in [5.41, 5.74) is 11.0. The Morgan fingerprint density at radius 2 is 1.65 bits per heavy atom. The summed E-state index contributed by atoms with van der Waals surface area (Å²) < 4.78 is 5.29.